The van der Waals surface area contributed by atoms with E-state index in [0.29, 0.717) is 58.5 Å². The first kappa shape index (κ1) is 18.1. The van der Waals surface area contributed by atoms with E-state index in [1.54, 1.807) is 0 Å². The summed E-state index contributed by atoms with van der Waals surface area (Å²) < 4.78 is 33.5. The summed E-state index contributed by atoms with van der Waals surface area (Å²) in [6.07, 6.45) is 1.74. The lowest BCUT2D eigenvalue weighted by atomic mass is 9.92. The van der Waals surface area contributed by atoms with Crippen molar-refractivity contribution in [1.82, 2.24) is 18.8 Å². The number of hydrogen-bond donors (Lipinski definition) is 1. The molecule has 1 amide bonds. The van der Waals surface area contributed by atoms with E-state index in [9.17, 15) is 13.2 Å². The Morgan fingerprint density at radius 2 is 1.67 bits per heavy atom. The summed E-state index contributed by atoms with van der Waals surface area (Å²) in [6, 6.07) is 0.371. The zero-order valence-electron chi connectivity index (χ0n) is 14.3. The molecule has 8 nitrogen and oxygen atoms in total. The molecule has 0 bridgehead atoms. The van der Waals surface area contributed by atoms with Gasteiger partial charge >= 0.3 is 0 Å². The summed E-state index contributed by atoms with van der Waals surface area (Å²) in [5, 5.41) is 3.36. The Morgan fingerprint density at radius 3 is 2.29 bits per heavy atom. The third-order valence-corrected chi connectivity index (χ3v) is 7.18. The Bertz CT molecular complexity index is 542. The van der Waals surface area contributed by atoms with E-state index >= 15 is 0 Å². The van der Waals surface area contributed by atoms with Gasteiger partial charge in [0.25, 0.3) is 10.2 Å². The molecule has 0 radical (unpaired) electrons. The quantitative estimate of drug-likeness (QED) is 0.705. The molecule has 138 valence electrons. The number of nitrogens with zero attached hydrogens (tertiary/aromatic N) is 3. The van der Waals surface area contributed by atoms with Crippen LogP contribution in [0.2, 0.25) is 0 Å². The molecule has 3 fully saturated rings. The Balaban J connectivity index is 1.54. The first-order valence-electron chi connectivity index (χ1n) is 8.83. The molecule has 0 aromatic heterocycles. The van der Waals surface area contributed by atoms with Gasteiger partial charge in [-0.25, -0.2) is 0 Å². The molecule has 3 rings (SSSR count). The maximum Gasteiger partial charge on any atom is 0.282 e. The third-order valence-electron chi connectivity index (χ3n) is 5.15. The Morgan fingerprint density at radius 1 is 1.04 bits per heavy atom. The number of carbonyl (C=O) groups is 1. The Kier molecular flexibility index (Phi) is 5.76. The summed E-state index contributed by atoms with van der Waals surface area (Å²) in [5.74, 6) is 0.260. The highest BCUT2D eigenvalue weighted by atomic mass is 32.2. The summed E-state index contributed by atoms with van der Waals surface area (Å²) in [6.45, 7) is 6.44. The van der Waals surface area contributed by atoms with Gasteiger partial charge in [-0.05, 0) is 26.3 Å². The van der Waals surface area contributed by atoms with Gasteiger partial charge < -0.3 is 15.0 Å². The first-order chi connectivity index (χ1) is 11.5. The van der Waals surface area contributed by atoms with Crippen LogP contribution < -0.4 is 5.32 Å². The molecule has 0 unspecified atom stereocenters. The summed E-state index contributed by atoms with van der Waals surface area (Å²) in [5.41, 5.74) is 0. The highest BCUT2D eigenvalue weighted by Crippen LogP contribution is 2.21. The highest BCUT2D eigenvalue weighted by Gasteiger charge is 2.36. The van der Waals surface area contributed by atoms with Crippen molar-refractivity contribution in [2.45, 2.75) is 25.8 Å². The third kappa shape index (κ3) is 3.91. The van der Waals surface area contributed by atoms with E-state index in [2.05, 4.69) is 12.2 Å². The van der Waals surface area contributed by atoms with Gasteiger partial charge in [0.15, 0.2) is 0 Å². The molecular weight excluding hydrogens is 332 g/mol. The molecule has 3 aliphatic heterocycles. The first-order valence-corrected chi connectivity index (χ1v) is 10.2. The predicted octanol–water partition coefficient (Wildman–Crippen LogP) is -0.904. The number of piperazine rings is 1. The monoisotopic (exact) mass is 360 g/mol. The number of ether oxygens (including phenoxy) is 1. The van der Waals surface area contributed by atoms with Crippen LogP contribution in [0.25, 0.3) is 0 Å². The molecule has 24 heavy (non-hydrogen) atoms. The van der Waals surface area contributed by atoms with E-state index in [1.807, 2.05) is 4.90 Å². The molecule has 9 heteroatoms. The molecule has 2 atom stereocenters. The standard InChI is InChI=1S/C15H28N4O4S/c1-13-12-14(2-3-16-13)15(20)17-4-6-18(7-5-17)24(21,22)19-8-10-23-11-9-19/h13-14,16H,2-12H2,1H3/t13-,14-/m0/s1. The van der Waals surface area contributed by atoms with Gasteiger partial charge in [-0.15, -0.1) is 0 Å². The molecule has 0 aliphatic carbocycles. The molecular formula is C15H28N4O4S. The van der Waals surface area contributed by atoms with Crippen LogP contribution in [0.3, 0.4) is 0 Å². The van der Waals surface area contributed by atoms with Crippen LogP contribution in [0.4, 0.5) is 0 Å². The minimum absolute atomic E-state index is 0.0728. The van der Waals surface area contributed by atoms with E-state index < -0.39 is 10.2 Å². The van der Waals surface area contributed by atoms with Gasteiger partial charge in [0.1, 0.15) is 0 Å². The molecule has 0 aromatic carbocycles. The second-order valence-corrected chi connectivity index (χ2v) is 8.75. The second-order valence-electron chi connectivity index (χ2n) is 6.82. The summed E-state index contributed by atoms with van der Waals surface area (Å²) in [4.78, 5) is 14.5. The number of hydrogen-bond acceptors (Lipinski definition) is 5. The van der Waals surface area contributed by atoms with Gasteiger partial charge in [0, 0.05) is 51.2 Å². The minimum atomic E-state index is -3.43. The van der Waals surface area contributed by atoms with E-state index in [0.717, 1.165) is 19.4 Å². The molecule has 3 saturated heterocycles. The smallest absolute Gasteiger partial charge is 0.282 e. The molecule has 0 saturated carbocycles. The van der Waals surface area contributed by atoms with Crippen molar-refractivity contribution in [3.05, 3.63) is 0 Å². The van der Waals surface area contributed by atoms with Crippen molar-refractivity contribution in [3.8, 4) is 0 Å². The molecule has 3 heterocycles. The van der Waals surface area contributed by atoms with Crippen molar-refractivity contribution in [3.63, 3.8) is 0 Å². The van der Waals surface area contributed by atoms with Crippen molar-refractivity contribution < 1.29 is 17.9 Å². The Hall–Kier alpha value is -0.740. The summed E-state index contributed by atoms with van der Waals surface area (Å²) in [7, 11) is -3.43. The average Bonchev–Trinajstić information content (AvgIpc) is 2.62. The summed E-state index contributed by atoms with van der Waals surface area (Å²) >= 11 is 0. The van der Waals surface area contributed by atoms with Crippen LogP contribution in [-0.2, 0) is 19.7 Å². The van der Waals surface area contributed by atoms with Crippen LogP contribution in [0, 0.1) is 5.92 Å². The minimum Gasteiger partial charge on any atom is -0.379 e. The van der Waals surface area contributed by atoms with Gasteiger partial charge in [-0.3, -0.25) is 4.79 Å². The van der Waals surface area contributed by atoms with Crippen LogP contribution in [0.15, 0.2) is 0 Å². The van der Waals surface area contributed by atoms with Crippen molar-refractivity contribution in [1.29, 1.82) is 0 Å². The maximum absolute atomic E-state index is 12.7. The van der Waals surface area contributed by atoms with Gasteiger partial charge in [-0.1, -0.05) is 0 Å². The molecule has 3 aliphatic rings. The van der Waals surface area contributed by atoms with Crippen molar-refractivity contribution in [2.24, 2.45) is 5.92 Å². The van der Waals surface area contributed by atoms with Gasteiger partial charge in [-0.2, -0.15) is 17.0 Å². The zero-order valence-corrected chi connectivity index (χ0v) is 15.1. The molecule has 0 spiro atoms. The number of piperidine rings is 1. The van der Waals surface area contributed by atoms with E-state index in [4.69, 9.17) is 4.74 Å². The maximum atomic E-state index is 12.7. The van der Waals surface area contributed by atoms with E-state index in [1.165, 1.54) is 8.61 Å². The van der Waals surface area contributed by atoms with E-state index in [-0.39, 0.29) is 11.8 Å². The van der Waals surface area contributed by atoms with Crippen LogP contribution in [0.5, 0.6) is 0 Å². The zero-order chi connectivity index (χ0) is 17.2. The average molecular weight is 360 g/mol. The fourth-order valence-electron chi connectivity index (χ4n) is 3.69. The van der Waals surface area contributed by atoms with Crippen LogP contribution in [0.1, 0.15) is 19.8 Å². The normalized spacial score (nSPS) is 31.1. The largest absolute Gasteiger partial charge is 0.379 e. The fraction of sp³-hybridized carbons (Fsp3) is 0.933. The number of morpholine rings is 1. The molecule has 0 aromatic rings. The highest BCUT2D eigenvalue weighted by molar-refractivity contribution is 7.86. The van der Waals surface area contributed by atoms with Crippen molar-refractivity contribution >= 4 is 16.1 Å². The number of rotatable bonds is 3. The lowest BCUT2D eigenvalue weighted by Crippen LogP contribution is -2.57. The SMILES string of the molecule is C[C@H]1C[C@@H](C(=O)N2CCN(S(=O)(=O)N3CCOCC3)CC2)CCN1. The Labute approximate surface area is 144 Å². The lowest BCUT2D eigenvalue weighted by Gasteiger charge is -2.39. The number of amides is 1. The lowest BCUT2D eigenvalue weighted by molar-refractivity contribution is -0.137. The van der Waals surface area contributed by atoms with Crippen LogP contribution in [-0.4, -0.2) is 92.9 Å². The number of nitrogens with one attached hydrogen (secondary N) is 1. The van der Waals surface area contributed by atoms with Gasteiger partial charge in [0.2, 0.25) is 5.91 Å². The van der Waals surface area contributed by atoms with Crippen molar-refractivity contribution in [2.75, 3.05) is 59.0 Å². The van der Waals surface area contributed by atoms with Crippen LogP contribution >= 0.6 is 0 Å². The second kappa shape index (κ2) is 7.65. The predicted molar refractivity (Wildman–Crippen MR) is 89.7 cm³/mol. The topological polar surface area (TPSA) is 82.2 Å². The fourth-order valence-corrected chi connectivity index (χ4v) is 5.26. The van der Waals surface area contributed by atoms with Gasteiger partial charge in [0.05, 0.1) is 13.2 Å². The molecule has 1 N–H and O–H groups in total. The number of carbonyl (C=O) groups excluding carboxylic acids is 1.